The molecule has 0 N–H and O–H groups in total. The second-order valence-corrected chi connectivity index (χ2v) is 7.44. The highest BCUT2D eigenvalue weighted by Gasteiger charge is 2.39. The van der Waals surface area contributed by atoms with Crippen LogP contribution in [0.1, 0.15) is 48.0 Å². The first-order chi connectivity index (χ1) is 12.2. The van der Waals surface area contributed by atoms with Gasteiger partial charge in [-0.05, 0) is 37.0 Å². The monoisotopic (exact) mass is 344 g/mol. The molecule has 136 valence electrons. The molecule has 3 aliphatic heterocycles. The Hall–Kier alpha value is -1.43. The molecule has 0 bridgehead atoms. The topological polar surface area (TPSA) is 42.0 Å². The number of hydrogen-bond donors (Lipinski definition) is 0. The first-order valence-electron chi connectivity index (χ1n) is 9.63. The molecule has 1 amide bonds. The molecule has 0 aromatic heterocycles. The summed E-state index contributed by atoms with van der Waals surface area (Å²) >= 11 is 0. The van der Waals surface area contributed by atoms with Crippen LogP contribution in [0.4, 0.5) is 0 Å². The molecule has 25 heavy (non-hydrogen) atoms. The minimum absolute atomic E-state index is 0.187. The van der Waals surface area contributed by atoms with Gasteiger partial charge in [0.05, 0.1) is 13.2 Å². The number of amides is 1. The summed E-state index contributed by atoms with van der Waals surface area (Å²) in [5.74, 6) is -0.130. The lowest BCUT2D eigenvalue weighted by molar-refractivity contribution is -0.185. The van der Waals surface area contributed by atoms with Crippen molar-refractivity contribution in [2.45, 2.75) is 44.4 Å². The summed E-state index contributed by atoms with van der Waals surface area (Å²) in [4.78, 5) is 17.1. The van der Waals surface area contributed by atoms with Crippen LogP contribution in [-0.2, 0) is 16.0 Å². The average molecular weight is 344 g/mol. The molecule has 1 aromatic carbocycles. The summed E-state index contributed by atoms with van der Waals surface area (Å²) in [7, 11) is 0. The van der Waals surface area contributed by atoms with Gasteiger partial charge >= 0.3 is 0 Å². The highest BCUT2D eigenvalue weighted by Crippen LogP contribution is 2.31. The number of rotatable bonds is 3. The largest absolute Gasteiger partial charge is 0.347 e. The maximum Gasteiger partial charge on any atom is 0.253 e. The number of benzene rings is 1. The molecule has 0 radical (unpaired) electrons. The Balaban J connectivity index is 1.36. The molecule has 5 nitrogen and oxygen atoms in total. The molecule has 0 saturated carbocycles. The second kappa shape index (κ2) is 7.44. The van der Waals surface area contributed by atoms with Gasteiger partial charge in [-0.3, -0.25) is 9.69 Å². The lowest BCUT2D eigenvalue weighted by Crippen LogP contribution is -2.44. The van der Waals surface area contributed by atoms with Gasteiger partial charge in [0.15, 0.2) is 5.79 Å². The van der Waals surface area contributed by atoms with Gasteiger partial charge in [0.2, 0.25) is 0 Å². The summed E-state index contributed by atoms with van der Waals surface area (Å²) in [5.41, 5.74) is 2.04. The van der Waals surface area contributed by atoms with Gasteiger partial charge in [-0.15, -0.1) is 0 Å². The number of hydrogen-bond acceptors (Lipinski definition) is 4. The molecule has 0 unspecified atom stereocenters. The van der Waals surface area contributed by atoms with Crippen LogP contribution in [0, 0.1) is 0 Å². The Morgan fingerprint density at radius 2 is 1.72 bits per heavy atom. The Labute approximate surface area is 149 Å². The summed E-state index contributed by atoms with van der Waals surface area (Å²) < 4.78 is 11.6. The molecule has 0 aliphatic carbocycles. The first kappa shape index (κ1) is 17.0. The van der Waals surface area contributed by atoms with E-state index in [1.165, 1.54) is 12.0 Å². The SMILES string of the molecule is O=C(c1cccc(CN2CCC3(CC2)OCCO3)c1)N1CCCCC1. The van der Waals surface area contributed by atoms with Crippen molar-refractivity contribution in [1.82, 2.24) is 9.80 Å². The van der Waals surface area contributed by atoms with Crippen molar-refractivity contribution in [2.24, 2.45) is 0 Å². The van der Waals surface area contributed by atoms with Crippen LogP contribution < -0.4 is 0 Å². The maximum atomic E-state index is 12.7. The summed E-state index contributed by atoms with van der Waals surface area (Å²) in [6.07, 6.45) is 5.36. The number of carbonyl (C=O) groups is 1. The minimum Gasteiger partial charge on any atom is -0.347 e. The molecule has 0 atom stereocenters. The van der Waals surface area contributed by atoms with E-state index >= 15 is 0 Å². The fraction of sp³-hybridized carbons (Fsp3) is 0.650. The van der Waals surface area contributed by atoms with Crippen LogP contribution in [0.3, 0.4) is 0 Å². The van der Waals surface area contributed by atoms with Crippen LogP contribution in [-0.4, -0.2) is 60.9 Å². The van der Waals surface area contributed by atoms with E-state index in [0.717, 1.165) is 77.2 Å². The van der Waals surface area contributed by atoms with Crippen molar-refractivity contribution >= 4 is 5.91 Å². The molecule has 3 heterocycles. The maximum absolute atomic E-state index is 12.7. The van der Waals surface area contributed by atoms with Crippen LogP contribution in [0.15, 0.2) is 24.3 Å². The third-order valence-electron chi connectivity index (χ3n) is 5.65. The van der Waals surface area contributed by atoms with Crippen molar-refractivity contribution in [2.75, 3.05) is 39.4 Å². The highest BCUT2D eigenvalue weighted by molar-refractivity contribution is 5.94. The van der Waals surface area contributed by atoms with Crippen molar-refractivity contribution in [3.8, 4) is 0 Å². The van der Waals surface area contributed by atoms with Crippen LogP contribution in [0.2, 0.25) is 0 Å². The average Bonchev–Trinajstić information content (AvgIpc) is 3.12. The van der Waals surface area contributed by atoms with Gasteiger partial charge in [0, 0.05) is 51.1 Å². The van der Waals surface area contributed by atoms with Gasteiger partial charge in [-0.1, -0.05) is 12.1 Å². The van der Waals surface area contributed by atoms with Gasteiger partial charge in [0.1, 0.15) is 0 Å². The standard InChI is InChI=1S/C20H28N2O3/c23-19(22-9-2-1-3-10-22)18-6-4-5-17(15-18)16-21-11-7-20(8-12-21)24-13-14-25-20/h4-6,15H,1-3,7-14,16H2. The Morgan fingerprint density at radius 1 is 1.00 bits per heavy atom. The molecule has 1 aromatic rings. The second-order valence-electron chi connectivity index (χ2n) is 7.44. The first-order valence-corrected chi connectivity index (χ1v) is 9.63. The number of ether oxygens (including phenoxy) is 2. The molecule has 3 aliphatic rings. The lowest BCUT2D eigenvalue weighted by Gasteiger charge is -2.37. The summed E-state index contributed by atoms with van der Waals surface area (Å²) in [5, 5.41) is 0. The highest BCUT2D eigenvalue weighted by atomic mass is 16.7. The van der Waals surface area contributed by atoms with E-state index in [1.807, 2.05) is 17.0 Å². The molecule has 1 spiro atoms. The van der Waals surface area contributed by atoms with E-state index in [1.54, 1.807) is 0 Å². The van der Waals surface area contributed by atoms with Gasteiger partial charge in [-0.2, -0.15) is 0 Å². The van der Waals surface area contributed by atoms with Crippen molar-refractivity contribution in [1.29, 1.82) is 0 Å². The van der Waals surface area contributed by atoms with E-state index in [2.05, 4.69) is 17.0 Å². The van der Waals surface area contributed by atoms with E-state index in [9.17, 15) is 4.79 Å². The normalized spacial score (nSPS) is 23.9. The van der Waals surface area contributed by atoms with Crippen LogP contribution in [0.25, 0.3) is 0 Å². The third-order valence-corrected chi connectivity index (χ3v) is 5.65. The zero-order chi connectivity index (χ0) is 17.1. The predicted octanol–water partition coefficient (Wildman–Crippen LogP) is 2.65. The number of nitrogens with zero attached hydrogens (tertiary/aromatic N) is 2. The zero-order valence-corrected chi connectivity index (χ0v) is 14.9. The smallest absolute Gasteiger partial charge is 0.253 e. The third kappa shape index (κ3) is 3.89. The number of piperidine rings is 2. The van der Waals surface area contributed by atoms with Crippen LogP contribution >= 0.6 is 0 Å². The fourth-order valence-corrected chi connectivity index (χ4v) is 4.18. The lowest BCUT2D eigenvalue weighted by atomic mass is 10.0. The molecule has 3 fully saturated rings. The molecule has 5 heteroatoms. The quantitative estimate of drug-likeness (QED) is 0.845. The Morgan fingerprint density at radius 3 is 2.44 bits per heavy atom. The molecular weight excluding hydrogens is 316 g/mol. The fourth-order valence-electron chi connectivity index (χ4n) is 4.18. The minimum atomic E-state index is -0.317. The van der Waals surface area contributed by atoms with Gasteiger partial charge < -0.3 is 14.4 Å². The number of likely N-dealkylation sites (tertiary alicyclic amines) is 2. The zero-order valence-electron chi connectivity index (χ0n) is 14.9. The molecule has 4 rings (SSSR count). The van der Waals surface area contributed by atoms with Crippen molar-refractivity contribution < 1.29 is 14.3 Å². The van der Waals surface area contributed by atoms with E-state index in [4.69, 9.17) is 9.47 Å². The van der Waals surface area contributed by atoms with E-state index < -0.39 is 0 Å². The van der Waals surface area contributed by atoms with E-state index in [0.29, 0.717) is 0 Å². The van der Waals surface area contributed by atoms with Gasteiger partial charge in [-0.25, -0.2) is 0 Å². The Kier molecular flexibility index (Phi) is 5.06. The van der Waals surface area contributed by atoms with Gasteiger partial charge in [0.25, 0.3) is 5.91 Å². The van der Waals surface area contributed by atoms with E-state index in [-0.39, 0.29) is 11.7 Å². The Bertz CT molecular complexity index is 597. The van der Waals surface area contributed by atoms with Crippen molar-refractivity contribution in [3.05, 3.63) is 35.4 Å². The number of carbonyl (C=O) groups excluding carboxylic acids is 1. The summed E-state index contributed by atoms with van der Waals surface area (Å²) in [6.45, 7) is 6.08. The predicted molar refractivity (Wildman–Crippen MR) is 95.3 cm³/mol. The van der Waals surface area contributed by atoms with Crippen molar-refractivity contribution in [3.63, 3.8) is 0 Å². The van der Waals surface area contributed by atoms with Crippen LogP contribution in [0.5, 0.6) is 0 Å². The molecule has 3 saturated heterocycles. The molecular formula is C20H28N2O3. The summed E-state index contributed by atoms with van der Waals surface area (Å²) in [6, 6.07) is 8.16.